The van der Waals surface area contributed by atoms with Crippen LogP contribution >= 0.6 is 0 Å². The molecule has 0 aromatic carbocycles. The number of allylic oxidation sites excluding steroid dienone is 1. The van der Waals surface area contributed by atoms with Crippen LogP contribution in [0, 0.1) is 11.8 Å². The highest BCUT2D eigenvalue weighted by atomic mass is 19.4. The summed E-state index contributed by atoms with van der Waals surface area (Å²) in [6.45, 7) is 3.84. The number of rotatable bonds is 2. The van der Waals surface area contributed by atoms with Crippen LogP contribution in [0.2, 0.25) is 0 Å². The molecule has 0 radical (unpaired) electrons. The summed E-state index contributed by atoms with van der Waals surface area (Å²) in [7, 11) is 0. The molecule has 0 aromatic heterocycles. The second kappa shape index (κ2) is 5.21. The van der Waals surface area contributed by atoms with Crippen LogP contribution in [0.15, 0.2) is 11.6 Å². The monoisotopic (exact) mass is 235 g/mol. The van der Waals surface area contributed by atoms with Crippen LogP contribution in [0.4, 0.5) is 13.2 Å². The molecule has 0 aromatic rings. The first-order valence-corrected chi connectivity index (χ1v) is 5.78. The lowest BCUT2D eigenvalue weighted by molar-refractivity contribution is -0.185. The first-order chi connectivity index (χ1) is 7.30. The molecule has 0 heterocycles. The van der Waals surface area contributed by atoms with Gasteiger partial charge in [0, 0.05) is 6.04 Å². The van der Waals surface area contributed by atoms with Gasteiger partial charge in [-0.3, -0.25) is 0 Å². The van der Waals surface area contributed by atoms with Crippen molar-refractivity contribution >= 4 is 0 Å². The fourth-order valence-corrected chi connectivity index (χ4v) is 2.40. The fraction of sp³-hybridized carbons (Fsp3) is 0.833. The predicted molar refractivity (Wildman–Crippen MR) is 58.9 cm³/mol. The van der Waals surface area contributed by atoms with Crippen molar-refractivity contribution in [2.75, 3.05) is 0 Å². The highest BCUT2D eigenvalue weighted by Crippen LogP contribution is 2.40. The molecule has 1 aliphatic rings. The maximum atomic E-state index is 12.6. The molecule has 0 amide bonds. The van der Waals surface area contributed by atoms with E-state index in [0.717, 1.165) is 12.0 Å². The van der Waals surface area contributed by atoms with Gasteiger partial charge in [0.15, 0.2) is 0 Å². The van der Waals surface area contributed by atoms with Crippen LogP contribution in [0.1, 0.15) is 39.5 Å². The number of halogens is 3. The van der Waals surface area contributed by atoms with Gasteiger partial charge in [0.05, 0.1) is 5.92 Å². The third-order valence-electron chi connectivity index (χ3n) is 3.25. The fourth-order valence-electron chi connectivity index (χ4n) is 2.40. The Balaban J connectivity index is 2.60. The smallest absolute Gasteiger partial charge is 0.324 e. The molecule has 0 bridgehead atoms. The van der Waals surface area contributed by atoms with Crippen LogP contribution < -0.4 is 5.73 Å². The summed E-state index contributed by atoms with van der Waals surface area (Å²) in [6, 6.07) is -0.227. The minimum absolute atomic E-state index is 0.0183. The molecule has 16 heavy (non-hydrogen) atoms. The Labute approximate surface area is 94.9 Å². The standard InChI is InChI=1S/C12H20F3N/c1-8(2)6-11(16)9-4-3-5-10(7-9)12(13,14)15/h6,9-11H,3-5,7,16H2,1-2H3. The second-order valence-electron chi connectivity index (χ2n) is 4.99. The number of alkyl halides is 3. The van der Waals surface area contributed by atoms with Gasteiger partial charge >= 0.3 is 6.18 Å². The molecule has 1 aliphatic carbocycles. The average molecular weight is 235 g/mol. The largest absolute Gasteiger partial charge is 0.391 e. The van der Waals surface area contributed by atoms with Crippen molar-refractivity contribution in [1.82, 2.24) is 0 Å². The second-order valence-corrected chi connectivity index (χ2v) is 4.99. The Bertz CT molecular complexity index is 253. The lowest BCUT2D eigenvalue weighted by Gasteiger charge is -2.33. The Kier molecular flexibility index (Phi) is 4.42. The molecule has 4 heteroatoms. The van der Waals surface area contributed by atoms with E-state index in [2.05, 4.69) is 0 Å². The van der Waals surface area contributed by atoms with Crippen molar-refractivity contribution in [3.63, 3.8) is 0 Å². The zero-order valence-corrected chi connectivity index (χ0v) is 9.85. The molecule has 1 saturated carbocycles. The summed E-state index contributed by atoms with van der Waals surface area (Å²) in [5.41, 5.74) is 6.98. The Morgan fingerprint density at radius 1 is 1.31 bits per heavy atom. The number of nitrogens with two attached hydrogens (primary N) is 1. The Morgan fingerprint density at radius 2 is 1.94 bits per heavy atom. The van der Waals surface area contributed by atoms with Crippen LogP contribution in [-0.2, 0) is 0 Å². The van der Waals surface area contributed by atoms with E-state index in [4.69, 9.17) is 5.73 Å². The van der Waals surface area contributed by atoms with Crippen LogP contribution in [0.25, 0.3) is 0 Å². The molecule has 1 rings (SSSR count). The van der Waals surface area contributed by atoms with Crippen LogP contribution in [0.5, 0.6) is 0 Å². The Morgan fingerprint density at radius 3 is 2.44 bits per heavy atom. The van der Waals surface area contributed by atoms with Crippen molar-refractivity contribution in [3.05, 3.63) is 11.6 Å². The van der Waals surface area contributed by atoms with E-state index >= 15 is 0 Å². The van der Waals surface area contributed by atoms with E-state index in [0.29, 0.717) is 6.42 Å². The molecular weight excluding hydrogens is 215 g/mol. The Hall–Kier alpha value is -0.510. The van der Waals surface area contributed by atoms with Crippen molar-refractivity contribution in [2.45, 2.75) is 51.7 Å². The molecule has 3 atom stereocenters. The topological polar surface area (TPSA) is 26.0 Å². The minimum Gasteiger partial charge on any atom is -0.324 e. The predicted octanol–water partition coefficient (Wildman–Crippen LogP) is 3.65. The normalized spacial score (nSPS) is 28.6. The molecule has 3 unspecified atom stereocenters. The van der Waals surface area contributed by atoms with Crippen LogP contribution in [0.3, 0.4) is 0 Å². The molecule has 1 nitrogen and oxygen atoms in total. The highest BCUT2D eigenvalue weighted by Gasteiger charge is 2.42. The molecule has 0 spiro atoms. The van der Waals surface area contributed by atoms with Crippen molar-refractivity contribution < 1.29 is 13.2 Å². The maximum absolute atomic E-state index is 12.6. The first-order valence-electron chi connectivity index (χ1n) is 5.78. The van der Waals surface area contributed by atoms with Gasteiger partial charge in [0.1, 0.15) is 0 Å². The van der Waals surface area contributed by atoms with E-state index in [1.165, 1.54) is 0 Å². The summed E-state index contributed by atoms with van der Waals surface area (Å²) in [5, 5.41) is 0. The lowest BCUT2D eigenvalue weighted by Crippen LogP contribution is -2.36. The van der Waals surface area contributed by atoms with Gasteiger partial charge in [0.25, 0.3) is 0 Å². The lowest BCUT2D eigenvalue weighted by atomic mass is 9.77. The minimum atomic E-state index is -4.05. The van der Waals surface area contributed by atoms with Gasteiger partial charge in [-0.25, -0.2) is 0 Å². The number of hydrogen-bond acceptors (Lipinski definition) is 1. The van der Waals surface area contributed by atoms with Gasteiger partial charge in [-0.1, -0.05) is 18.1 Å². The molecule has 0 saturated heterocycles. The van der Waals surface area contributed by atoms with Gasteiger partial charge in [-0.15, -0.1) is 0 Å². The molecule has 1 fully saturated rings. The SMILES string of the molecule is CC(C)=CC(N)C1CCCC(C(F)(F)F)C1. The summed E-state index contributed by atoms with van der Waals surface area (Å²) in [5.74, 6) is -1.17. The number of hydrogen-bond donors (Lipinski definition) is 1. The maximum Gasteiger partial charge on any atom is 0.391 e. The van der Waals surface area contributed by atoms with E-state index < -0.39 is 12.1 Å². The van der Waals surface area contributed by atoms with Gasteiger partial charge in [-0.05, 0) is 39.0 Å². The van der Waals surface area contributed by atoms with Gasteiger partial charge < -0.3 is 5.73 Å². The van der Waals surface area contributed by atoms with E-state index in [1.807, 2.05) is 19.9 Å². The summed E-state index contributed by atoms with van der Waals surface area (Å²) >= 11 is 0. The van der Waals surface area contributed by atoms with E-state index in [1.54, 1.807) is 0 Å². The molecule has 0 aliphatic heterocycles. The summed E-state index contributed by atoms with van der Waals surface area (Å²) < 4.78 is 37.8. The summed E-state index contributed by atoms with van der Waals surface area (Å²) in [6.07, 6.45) is -0.264. The zero-order valence-electron chi connectivity index (χ0n) is 9.85. The first kappa shape index (κ1) is 13.6. The van der Waals surface area contributed by atoms with Crippen molar-refractivity contribution in [2.24, 2.45) is 17.6 Å². The van der Waals surface area contributed by atoms with Crippen molar-refractivity contribution in [1.29, 1.82) is 0 Å². The third-order valence-corrected chi connectivity index (χ3v) is 3.25. The summed E-state index contributed by atoms with van der Waals surface area (Å²) in [4.78, 5) is 0. The average Bonchev–Trinajstić information content (AvgIpc) is 2.15. The van der Waals surface area contributed by atoms with Gasteiger partial charge in [-0.2, -0.15) is 13.2 Å². The molecular formula is C12H20F3N. The van der Waals surface area contributed by atoms with Crippen LogP contribution in [-0.4, -0.2) is 12.2 Å². The molecule has 2 N–H and O–H groups in total. The van der Waals surface area contributed by atoms with E-state index in [9.17, 15) is 13.2 Å². The highest BCUT2D eigenvalue weighted by molar-refractivity contribution is 5.03. The third kappa shape index (κ3) is 3.81. The quantitative estimate of drug-likeness (QED) is 0.726. The van der Waals surface area contributed by atoms with Crippen molar-refractivity contribution in [3.8, 4) is 0 Å². The zero-order chi connectivity index (χ0) is 12.3. The van der Waals surface area contributed by atoms with Gasteiger partial charge in [0.2, 0.25) is 0 Å². The molecule has 94 valence electrons. The van der Waals surface area contributed by atoms with E-state index in [-0.39, 0.29) is 24.8 Å².